The van der Waals surface area contributed by atoms with E-state index in [1.165, 1.54) is 6.92 Å². The molecule has 132 valence electrons. The largest absolute Gasteiger partial charge is 0.427 e. The van der Waals surface area contributed by atoms with Gasteiger partial charge in [0.05, 0.1) is 0 Å². The highest BCUT2D eigenvalue weighted by atomic mass is 16.5. The number of carbonyl (C=O) groups excluding carboxylic acids is 1. The lowest BCUT2D eigenvalue weighted by Crippen LogP contribution is -2.12. The molecule has 4 heteroatoms. The summed E-state index contributed by atoms with van der Waals surface area (Å²) in [5.41, 5.74) is 4.26. The van der Waals surface area contributed by atoms with Gasteiger partial charge in [-0.2, -0.15) is 0 Å². The number of nitrogens with zero attached hydrogens (tertiary/aromatic N) is 2. The van der Waals surface area contributed by atoms with Gasteiger partial charge in [-0.1, -0.05) is 24.3 Å². The molecule has 0 amide bonds. The first-order valence-corrected chi connectivity index (χ1v) is 8.45. The van der Waals surface area contributed by atoms with Crippen molar-refractivity contribution in [3.05, 3.63) is 78.9 Å². The summed E-state index contributed by atoms with van der Waals surface area (Å²) in [7, 11) is 4.04. The number of hydrogen-bond acceptors (Lipinski definition) is 4. The summed E-state index contributed by atoms with van der Waals surface area (Å²) in [5.74, 6) is 0.223. The number of carbonyl (C=O) groups is 1. The van der Waals surface area contributed by atoms with E-state index in [1.807, 2.05) is 43.4 Å². The van der Waals surface area contributed by atoms with Gasteiger partial charge in [0.25, 0.3) is 0 Å². The first-order chi connectivity index (χ1) is 12.5. The summed E-state index contributed by atoms with van der Waals surface area (Å²) >= 11 is 0. The lowest BCUT2D eigenvalue weighted by Gasteiger charge is -2.23. The molecular formula is C22H22N2O2. The Labute approximate surface area is 154 Å². The molecule has 3 aromatic carbocycles. The number of rotatable bonds is 5. The van der Waals surface area contributed by atoms with E-state index in [1.54, 1.807) is 6.07 Å². The third-order valence-electron chi connectivity index (χ3n) is 4.23. The summed E-state index contributed by atoms with van der Waals surface area (Å²) in [6.45, 7) is 1.40. The molecule has 0 unspecified atom stereocenters. The second-order valence-corrected chi connectivity index (χ2v) is 6.06. The van der Waals surface area contributed by atoms with Gasteiger partial charge in [-0.3, -0.25) is 4.79 Å². The Bertz CT molecular complexity index is 876. The van der Waals surface area contributed by atoms with Gasteiger partial charge in [0.2, 0.25) is 0 Å². The fraction of sp³-hybridized carbons (Fsp3) is 0.136. The molecule has 3 rings (SSSR count). The highest BCUT2D eigenvalue weighted by molar-refractivity contribution is 5.72. The van der Waals surface area contributed by atoms with Crippen molar-refractivity contribution < 1.29 is 9.53 Å². The van der Waals surface area contributed by atoms with Crippen LogP contribution in [0.4, 0.5) is 22.7 Å². The maximum Gasteiger partial charge on any atom is 0.308 e. The summed E-state index contributed by atoms with van der Waals surface area (Å²) in [6.07, 6.45) is 0. The molecule has 0 N–H and O–H groups in total. The normalized spacial score (nSPS) is 10.3. The summed E-state index contributed by atoms with van der Waals surface area (Å²) in [5, 5.41) is 0. The molecule has 0 heterocycles. The molecule has 0 saturated heterocycles. The maximum atomic E-state index is 11.1. The van der Waals surface area contributed by atoms with Crippen molar-refractivity contribution in [1.29, 1.82) is 0 Å². The van der Waals surface area contributed by atoms with Crippen LogP contribution in [0.5, 0.6) is 5.75 Å². The van der Waals surface area contributed by atoms with Crippen LogP contribution in [0.1, 0.15) is 6.92 Å². The van der Waals surface area contributed by atoms with Crippen molar-refractivity contribution >= 4 is 28.7 Å². The van der Waals surface area contributed by atoms with Crippen molar-refractivity contribution in [2.75, 3.05) is 23.9 Å². The molecule has 26 heavy (non-hydrogen) atoms. The van der Waals surface area contributed by atoms with E-state index >= 15 is 0 Å². The second kappa shape index (κ2) is 7.74. The van der Waals surface area contributed by atoms with Crippen LogP contribution in [-0.4, -0.2) is 20.1 Å². The second-order valence-electron chi connectivity index (χ2n) is 6.06. The molecular weight excluding hydrogens is 324 g/mol. The van der Waals surface area contributed by atoms with Crippen LogP contribution < -0.4 is 14.5 Å². The van der Waals surface area contributed by atoms with E-state index in [4.69, 9.17) is 4.74 Å². The topological polar surface area (TPSA) is 32.8 Å². The minimum Gasteiger partial charge on any atom is -0.427 e. The van der Waals surface area contributed by atoms with E-state index in [2.05, 4.69) is 53.2 Å². The molecule has 4 nitrogen and oxygen atoms in total. The molecule has 0 bridgehead atoms. The van der Waals surface area contributed by atoms with Crippen LogP contribution in [0.2, 0.25) is 0 Å². The lowest BCUT2D eigenvalue weighted by atomic mass is 10.2. The van der Waals surface area contributed by atoms with Crippen molar-refractivity contribution in [3.8, 4) is 5.75 Å². The van der Waals surface area contributed by atoms with Gasteiger partial charge in [0, 0.05) is 49.8 Å². The molecule has 0 spiro atoms. The van der Waals surface area contributed by atoms with Gasteiger partial charge < -0.3 is 14.5 Å². The van der Waals surface area contributed by atoms with Crippen molar-refractivity contribution in [2.24, 2.45) is 0 Å². The van der Waals surface area contributed by atoms with E-state index in [0.717, 1.165) is 22.7 Å². The Morgan fingerprint density at radius 3 is 1.77 bits per heavy atom. The summed E-state index contributed by atoms with van der Waals surface area (Å²) in [4.78, 5) is 15.3. The van der Waals surface area contributed by atoms with Crippen LogP contribution in [-0.2, 0) is 4.79 Å². The first kappa shape index (κ1) is 17.5. The van der Waals surface area contributed by atoms with Gasteiger partial charge in [-0.15, -0.1) is 0 Å². The monoisotopic (exact) mass is 346 g/mol. The Morgan fingerprint density at radius 1 is 0.692 bits per heavy atom. The fourth-order valence-corrected chi connectivity index (χ4v) is 2.77. The van der Waals surface area contributed by atoms with Crippen molar-refractivity contribution in [1.82, 2.24) is 0 Å². The smallest absolute Gasteiger partial charge is 0.308 e. The van der Waals surface area contributed by atoms with Gasteiger partial charge in [0.15, 0.2) is 0 Å². The molecule has 0 aliphatic carbocycles. The van der Waals surface area contributed by atoms with Crippen LogP contribution in [0, 0.1) is 0 Å². The molecule has 3 aromatic rings. The average Bonchev–Trinajstić information content (AvgIpc) is 2.67. The zero-order valence-corrected chi connectivity index (χ0v) is 15.2. The molecule has 0 radical (unpaired) electrons. The zero-order chi connectivity index (χ0) is 18.5. The Morgan fingerprint density at radius 2 is 1.19 bits per heavy atom. The molecule has 0 aliphatic rings. The third-order valence-corrected chi connectivity index (χ3v) is 4.23. The third kappa shape index (κ3) is 4.03. The highest BCUT2D eigenvalue weighted by Crippen LogP contribution is 2.30. The molecule has 0 fully saturated rings. The van der Waals surface area contributed by atoms with Crippen LogP contribution >= 0.6 is 0 Å². The number of ether oxygens (including phenoxy) is 1. The van der Waals surface area contributed by atoms with Crippen molar-refractivity contribution in [2.45, 2.75) is 6.92 Å². The Kier molecular flexibility index (Phi) is 5.23. The molecule has 0 aliphatic heterocycles. The number of esters is 1. The van der Waals surface area contributed by atoms with Crippen LogP contribution in [0.15, 0.2) is 78.9 Å². The lowest BCUT2D eigenvalue weighted by molar-refractivity contribution is -0.131. The number of anilines is 4. The SMILES string of the molecule is CC(=O)Oc1cccc(N(C)c2ccc(N(C)c3ccccc3)cc2)c1. The minimum absolute atomic E-state index is 0.321. The van der Waals surface area contributed by atoms with E-state index in [9.17, 15) is 4.79 Å². The predicted molar refractivity (Wildman–Crippen MR) is 107 cm³/mol. The van der Waals surface area contributed by atoms with Gasteiger partial charge >= 0.3 is 5.97 Å². The highest BCUT2D eigenvalue weighted by Gasteiger charge is 2.08. The van der Waals surface area contributed by atoms with Crippen molar-refractivity contribution in [3.63, 3.8) is 0 Å². The van der Waals surface area contributed by atoms with Crippen LogP contribution in [0.3, 0.4) is 0 Å². The molecule has 0 saturated carbocycles. The van der Waals surface area contributed by atoms with E-state index < -0.39 is 0 Å². The predicted octanol–water partition coefficient (Wildman–Crippen LogP) is 5.15. The van der Waals surface area contributed by atoms with Crippen LogP contribution in [0.25, 0.3) is 0 Å². The molecule has 0 atom stereocenters. The average molecular weight is 346 g/mol. The van der Waals surface area contributed by atoms with Gasteiger partial charge in [-0.05, 0) is 48.5 Å². The quantitative estimate of drug-likeness (QED) is 0.472. The maximum absolute atomic E-state index is 11.1. The van der Waals surface area contributed by atoms with E-state index in [-0.39, 0.29) is 5.97 Å². The standard InChI is InChI=1S/C22H22N2O2/c1-17(25)26-22-11-7-10-21(16-22)24(3)20-14-12-19(13-15-20)23(2)18-8-5-4-6-9-18/h4-16H,1-3H3. The Hall–Kier alpha value is -3.27. The number of para-hydroxylation sites is 1. The summed E-state index contributed by atoms with van der Waals surface area (Å²) < 4.78 is 5.17. The fourth-order valence-electron chi connectivity index (χ4n) is 2.77. The Balaban J connectivity index is 1.79. The zero-order valence-electron chi connectivity index (χ0n) is 15.2. The molecule has 0 aromatic heterocycles. The minimum atomic E-state index is -0.321. The summed E-state index contributed by atoms with van der Waals surface area (Å²) in [6, 6.07) is 26.1. The number of hydrogen-bond donors (Lipinski definition) is 0. The first-order valence-electron chi connectivity index (χ1n) is 8.45. The van der Waals surface area contributed by atoms with Gasteiger partial charge in [-0.25, -0.2) is 0 Å². The number of benzene rings is 3. The van der Waals surface area contributed by atoms with E-state index in [0.29, 0.717) is 5.75 Å². The van der Waals surface area contributed by atoms with Gasteiger partial charge in [0.1, 0.15) is 5.75 Å².